The van der Waals surface area contributed by atoms with Crippen LogP contribution >= 0.6 is 0 Å². The molecule has 180 valence electrons. The lowest BCUT2D eigenvalue weighted by molar-refractivity contribution is 0.273. The maximum atomic E-state index is 10.5. The highest BCUT2D eigenvalue weighted by Gasteiger charge is 2.27. The normalized spacial score (nSPS) is 13.1. The summed E-state index contributed by atoms with van der Waals surface area (Å²) < 4.78 is 2.25. The van der Waals surface area contributed by atoms with E-state index >= 15 is 0 Å². The van der Waals surface area contributed by atoms with Crippen LogP contribution in [0.2, 0.25) is 0 Å². The van der Waals surface area contributed by atoms with Gasteiger partial charge in [0, 0.05) is 23.7 Å². The number of unbranched alkanes of at least 4 members (excludes halogenated alkanes) is 1. The minimum atomic E-state index is 0.376. The van der Waals surface area contributed by atoms with Gasteiger partial charge in [-0.3, -0.25) is 0 Å². The molecule has 0 spiro atoms. The summed E-state index contributed by atoms with van der Waals surface area (Å²) in [4.78, 5) is 2.56. The van der Waals surface area contributed by atoms with E-state index in [9.17, 15) is 5.11 Å². The average molecular weight is 457 g/mol. The standard InChI is InChI=1S/C29H38N2O.C2H2/c1-4-30(18-6-5-9-24-14-12-22(2)13-15-24)19-8-20-31-21-27(23(3)25-16-17-25)26-10-7-11-28(32)29(26)31;1-2/h7,10-15,21,25,32H,3-6,8-9,16-20H2,1-2H3;1-2H. The maximum absolute atomic E-state index is 10.5. The summed E-state index contributed by atoms with van der Waals surface area (Å²) in [5, 5.41) is 11.7. The molecule has 0 radical (unpaired) electrons. The van der Waals surface area contributed by atoms with Gasteiger partial charge < -0.3 is 14.6 Å². The topological polar surface area (TPSA) is 28.4 Å². The predicted octanol–water partition coefficient (Wildman–Crippen LogP) is 7.06. The molecule has 1 N–H and O–H groups in total. The molecule has 0 saturated heterocycles. The number of para-hydroxylation sites is 1. The fourth-order valence-corrected chi connectivity index (χ4v) is 4.74. The van der Waals surface area contributed by atoms with Crippen molar-refractivity contribution < 1.29 is 5.11 Å². The van der Waals surface area contributed by atoms with Crippen molar-refractivity contribution >= 4 is 16.5 Å². The number of terminal acetylenes is 1. The number of nitrogens with zero attached hydrogens (tertiary/aromatic N) is 2. The van der Waals surface area contributed by atoms with Gasteiger partial charge in [0.05, 0.1) is 5.52 Å². The number of hydrogen-bond acceptors (Lipinski definition) is 2. The van der Waals surface area contributed by atoms with Crippen molar-refractivity contribution in [1.29, 1.82) is 0 Å². The highest BCUT2D eigenvalue weighted by molar-refractivity contribution is 5.96. The minimum Gasteiger partial charge on any atom is -0.506 e. The van der Waals surface area contributed by atoms with Gasteiger partial charge in [0.15, 0.2) is 0 Å². The Balaban J connectivity index is 0.00000158. The molecule has 3 aromatic rings. The summed E-state index contributed by atoms with van der Waals surface area (Å²) in [5.41, 5.74) is 6.20. The summed E-state index contributed by atoms with van der Waals surface area (Å²) in [6.07, 6.45) is 17.4. The molecule has 1 aliphatic rings. The molecule has 0 atom stereocenters. The van der Waals surface area contributed by atoms with Gasteiger partial charge >= 0.3 is 0 Å². The summed E-state index contributed by atoms with van der Waals surface area (Å²) in [5.74, 6) is 1.01. The number of aryl methyl sites for hydroxylation is 3. The molecule has 1 aromatic heterocycles. The van der Waals surface area contributed by atoms with Gasteiger partial charge in [0.2, 0.25) is 0 Å². The fourth-order valence-electron chi connectivity index (χ4n) is 4.74. The van der Waals surface area contributed by atoms with Crippen LogP contribution in [-0.2, 0) is 13.0 Å². The highest BCUT2D eigenvalue weighted by atomic mass is 16.3. The number of rotatable bonds is 12. The third-order valence-corrected chi connectivity index (χ3v) is 6.92. The third kappa shape index (κ3) is 6.55. The van der Waals surface area contributed by atoms with Crippen LogP contribution in [0, 0.1) is 25.7 Å². The van der Waals surface area contributed by atoms with E-state index in [0.717, 1.165) is 43.5 Å². The lowest BCUT2D eigenvalue weighted by atomic mass is 10.0. The van der Waals surface area contributed by atoms with Crippen molar-refractivity contribution in [3.8, 4) is 18.6 Å². The van der Waals surface area contributed by atoms with Crippen molar-refractivity contribution in [3.05, 3.63) is 71.9 Å². The lowest BCUT2D eigenvalue weighted by Crippen LogP contribution is -2.26. The molecular formula is C31H40N2O. The smallest absolute Gasteiger partial charge is 0.139 e. The first-order chi connectivity index (χ1) is 16.6. The number of phenols is 1. The zero-order chi connectivity index (χ0) is 24.5. The van der Waals surface area contributed by atoms with E-state index in [4.69, 9.17) is 0 Å². The Morgan fingerprint density at radius 1 is 1.06 bits per heavy atom. The molecule has 3 heteroatoms. The van der Waals surface area contributed by atoms with Crippen LogP contribution in [0.3, 0.4) is 0 Å². The van der Waals surface area contributed by atoms with E-state index in [1.165, 1.54) is 54.4 Å². The second-order valence-electron chi connectivity index (χ2n) is 9.44. The number of aromatic nitrogens is 1. The van der Waals surface area contributed by atoms with Crippen molar-refractivity contribution in [2.75, 3.05) is 19.6 Å². The third-order valence-electron chi connectivity index (χ3n) is 6.92. The maximum Gasteiger partial charge on any atom is 0.139 e. The number of hydrogen-bond donors (Lipinski definition) is 1. The highest BCUT2D eigenvalue weighted by Crippen LogP contribution is 2.44. The summed E-state index contributed by atoms with van der Waals surface area (Å²) in [6.45, 7) is 13.0. The molecule has 2 aromatic carbocycles. The molecule has 1 saturated carbocycles. The predicted molar refractivity (Wildman–Crippen MR) is 146 cm³/mol. The van der Waals surface area contributed by atoms with Crippen molar-refractivity contribution in [1.82, 2.24) is 9.47 Å². The van der Waals surface area contributed by atoms with Gasteiger partial charge in [-0.25, -0.2) is 0 Å². The first-order valence-corrected chi connectivity index (χ1v) is 12.7. The monoisotopic (exact) mass is 456 g/mol. The second-order valence-corrected chi connectivity index (χ2v) is 9.44. The average Bonchev–Trinajstić information content (AvgIpc) is 3.64. The molecule has 0 aliphatic heterocycles. The fraction of sp³-hybridized carbons (Fsp3) is 0.419. The van der Waals surface area contributed by atoms with E-state index in [1.807, 2.05) is 6.07 Å². The minimum absolute atomic E-state index is 0.376. The molecule has 4 rings (SSSR count). The molecule has 34 heavy (non-hydrogen) atoms. The van der Waals surface area contributed by atoms with Gasteiger partial charge in [0.1, 0.15) is 5.75 Å². The SMILES string of the molecule is C#C.C=C(c1cn(CCCN(CC)CCCCc2ccc(C)cc2)c2c(O)cccc12)C1CC1. The molecule has 0 bridgehead atoms. The Hall–Kier alpha value is -2.96. The van der Waals surface area contributed by atoms with Crippen LogP contribution in [0.15, 0.2) is 55.2 Å². The van der Waals surface area contributed by atoms with Crippen LogP contribution in [0.25, 0.3) is 16.5 Å². The van der Waals surface area contributed by atoms with E-state index in [-0.39, 0.29) is 0 Å². The quantitative estimate of drug-likeness (QED) is 0.233. The summed E-state index contributed by atoms with van der Waals surface area (Å²) >= 11 is 0. The Labute approximate surface area is 206 Å². The zero-order valence-electron chi connectivity index (χ0n) is 21.0. The van der Waals surface area contributed by atoms with Crippen LogP contribution in [-0.4, -0.2) is 34.2 Å². The second kappa shape index (κ2) is 12.5. The van der Waals surface area contributed by atoms with Crippen LogP contribution in [0.1, 0.15) is 55.7 Å². The van der Waals surface area contributed by atoms with E-state index in [0.29, 0.717) is 11.7 Å². The van der Waals surface area contributed by atoms with Gasteiger partial charge in [-0.1, -0.05) is 55.5 Å². The molecule has 1 aliphatic carbocycles. The van der Waals surface area contributed by atoms with E-state index in [1.54, 1.807) is 6.07 Å². The lowest BCUT2D eigenvalue weighted by Gasteiger charge is -2.20. The Bertz CT molecular complexity index is 1090. The summed E-state index contributed by atoms with van der Waals surface area (Å²) in [7, 11) is 0. The van der Waals surface area contributed by atoms with Gasteiger partial charge in [-0.2, -0.15) is 0 Å². The number of phenolic OH excluding ortho intramolecular Hbond substituents is 1. The van der Waals surface area contributed by atoms with Crippen molar-refractivity contribution in [2.45, 2.75) is 58.9 Å². The Kier molecular flexibility index (Phi) is 9.42. The molecule has 0 amide bonds. The van der Waals surface area contributed by atoms with Crippen LogP contribution < -0.4 is 0 Å². The van der Waals surface area contributed by atoms with Crippen LogP contribution in [0.5, 0.6) is 5.75 Å². The molecule has 1 heterocycles. The Morgan fingerprint density at radius 2 is 1.76 bits per heavy atom. The van der Waals surface area contributed by atoms with Gasteiger partial charge in [-0.15, -0.1) is 12.8 Å². The van der Waals surface area contributed by atoms with E-state index < -0.39 is 0 Å². The zero-order valence-corrected chi connectivity index (χ0v) is 21.0. The largest absolute Gasteiger partial charge is 0.506 e. The van der Waals surface area contributed by atoms with Gasteiger partial charge in [0.25, 0.3) is 0 Å². The molecular weight excluding hydrogens is 416 g/mol. The molecule has 3 nitrogen and oxygen atoms in total. The number of fused-ring (bicyclic) bond motifs is 1. The first-order valence-electron chi connectivity index (χ1n) is 12.7. The Morgan fingerprint density at radius 3 is 2.44 bits per heavy atom. The van der Waals surface area contributed by atoms with E-state index in [2.05, 4.69) is 79.3 Å². The van der Waals surface area contributed by atoms with Crippen LogP contribution in [0.4, 0.5) is 0 Å². The number of aromatic hydroxyl groups is 1. The molecule has 0 unspecified atom stereocenters. The van der Waals surface area contributed by atoms with Crippen molar-refractivity contribution in [3.63, 3.8) is 0 Å². The summed E-state index contributed by atoms with van der Waals surface area (Å²) in [6, 6.07) is 14.8. The first kappa shape index (κ1) is 25.7. The number of allylic oxidation sites excluding steroid dienone is 1. The molecule has 1 fully saturated rings. The van der Waals surface area contributed by atoms with Crippen molar-refractivity contribution in [2.24, 2.45) is 5.92 Å². The van der Waals surface area contributed by atoms with Gasteiger partial charge in [-0.05, 0) is 88.2 Å². The number of benzene rings is 2.